The number of anilines is 1. The molecule has 4 heteroatoms. The Morgan fingerprint density at radius 2 is 1.88 bits per heavy atom. The highest BCUT2D eigenvalue weighted by atomic mass is 35.5. The van der Waals surface area contributed by atoms with Gasteiger partial charge in [0.15, 0.2) is 0 Å². The first-order chi connectivity index (χ1) is 8.16. The first-order valence-electron chi connectivity index (χ1n) is 5.27. The number of aromatic nitrogens is 1. The van der Waals surface area contributed by atoms with Gasteiger partial charge in [0.05, 0.1) is 0 Å². The van der Waals surface area contributed by atoms with Crippen molar-refractivity contribution < 1.29 is 5.11 Å². The summed E-state index contributed by atoms with van der Waals surface area (Å²) in [7, 11) is 1.96. The zero-order chi connectivity index (χ0) is 12.3. The lowest BCUT2D eigenvalue weighted by Crippen LogP contribution is -2.16. The highest BCUT2D eigenvalue weighted by Crippen LogP contribution is 2.21. The molecule has 0 bridgehead atoms. The van der Waals surface area contributed by atoms with Crippen LogP contribution in [0.15, 0.2) is 42.5 Å². The maximum atomic E-state index is 9.66. The Hall–Kier alpha value is -1.74. The molecule has 0 saturated carbocycles. The van der Waals surface area contributed by atoms with Crippen molar-refractivity contribution in [3.8, 4) is 5.88 Å². The molecule has 88 valence electrons. The first kappa shape index (κ1) is 11.7. The molecule has 0 unspecified atom stereocenters. The minimum absolute atomic E-state index is 0.0136. The van der Waals surface area contributed by atoms with Crippen molar-refractivity contribution in [2.24, 2.45) is 0 Å². The Balaban J connectivity index is 2.16. The summed E-state index contributed by atoms with van der Waals surface area (Å²) in [5.41, 5.74) is 1.84. The molecular formula is C13H13ClN2O. The molecule has 0 fully saturated rings. The van der Waals surface area contributed by atoms with Crippen molar-refractivity contribution >= 4 is 17.3 Å². The number of pyridine rings is 1. The van der Waals surface area contributed by atoms with Crippen LogP contribution in [0.25, 0.3) is 0 Å². The van der Waals surface area contributed by atoms with Gasteiger partial charge in [-0.05, 0) is 24.3 Å². The SMILES string of the molecule is CN(Cc1ccc(Cl)nc1O)c1ccccc1. The van der Waals surface area contributed by atoms with E-state index in [-0.39, 0.29) is 5.88 Å². The average molecular weight is 249 g/mol. The van der Waals surface area contributed by atoms with Crippen molar-refractivity contribution in [2.75, 3.05) is 11.9 Å². The maximum Gasteiger partial charge on any atom is 0.217 e. The van der Waals surface area contributed by atoms with Crippen LogP contribution in [0.2, 0.25) is 5.15 Å². The van der Waals surface area contributed by atoms with E-state index in [0.29, 0.717) is 11.7 Å². The van der Waals surface area contributed by atoms with Crippen LogP contribution in [-0.4, -0.2) is 17.1 Å². The molecule has 2 aromatic rings. The standard InChI is InChI=1S/C13H13ClN2O/c1-16(11-5-3-2-4-6-11)9-10-7-8-12(14)15-13(10)17/h2-8H,9H2,1H3,(H,15,17). The van der Waals surface area contributed by atoms with Crippen molar-refractivity contribution in [3.63, 3.8) is 0 Å². The van der Waals surface area contributed by atoms with Gasteiger partial charge in [-0.15, -0.1) is 0 Å². The summed E-state index contributed by atoms with van der Waals surface area (Å²) in [4.78, 5) is 5.85. The molecule has 0 aliphatic carbocycles. The molecule has 0 spiro atoms. The molecule has 3 nitrogen and oxygen atoms in total. The van der Waals surface area contributed by atoms with Gasteiger partial charge in [-0.1, -0.05) is 29.8 Å². The van der Waals surface area contributed by atoms with Crippen LogP contribution in [-0.2, 0) is 6.54 Å². The van der Waals surface area contributed by atoms with Crippen molar-refractivity contribution in [1.82, 2.24) is 4.98 Å². The Morgan fingerprint density at radius 3 is 2.53 bits per heavy atom. The normalized spacial score (nSPS) is 10.2. The van der Waals surface area contributed by atoms with Crippen LogP contribution < -0.4 is 4.90 Å². The summed E-state index contributed by atoms with van der Waals surface area (Å²) in [5, 5.41) is 9.96. The van der Waals surface area contributed by atoms with Gasteiger partial charge < -0.3 is 10.0 Å². The van der Waals surface area contributed by atoms with E-state index >= 15 is 0 Å². The molecular weight excluding hydrogens is 236 g/mol. The molecule has 0 radical (unpaired) electrons. The van der Waals surface area contributed by atoms with Crippen LogP contribution in [0.1, 0.15) is 5.56 Å². The summed E-state index contributed by atoms with van der Waals surface area (Å²) in [6.07, 6.45) is 0. The van der Waals surface area contributed by atoms with Gasteiger partial charge in [0.2, 0.25) is 5.88 Å². The molecule has 17 heavy (non-hydrogen) atoms. The lowest BCUT2D eigenvalue weighted by atomic mass is 10.2. The molecule has 2 rings (SSSR count). The summed E-state index contributed by atoms with van der Waals surface area (Å²) in [5.74, 6) is -0.0136. The summed E-state index contributed by atoms with van der Waals surface area (Å²) in [6.45, 7) is 0.583. The summed E-state index contributed by atoms with van der Waals surface area (Å²) in [6, 6.07) is 13.4. The van der Waals surface area contributed by atoms with Gasteiger partial charge in [0.1, 0.15) is 5.15 Å². The van der Waals surface area contributed by atoms with Crippen LogP contribution in [0.3, 0.4) is 0 Å². The second-order valence-corrected chi connectivity index (χ2v) is 4.20. The number of hydrogen-bond acceptors (Lipinski definition) is 3. The number of rotatable bonds is 3. The number of benzene rings is 1. The second kappa shape index (κ2) is 5.06. The molecule has 1 heterocycles. The first-order valence-corrected chi connectivity index (χ1v) is 5.65. The number of halogens is 1. The van der Waals surface area contributed by atoms with Gasteiger partial charge in [0, 0.05) is 24.8 Å². The molecule has 0 aliphatic rings. The largest absolute Gasteiger partial charge is 0.493 e. The number of aromatic hydroxyl groups is 1. The fourth-order valence-electron chi connectivity index (χ4n) is 1.61. The predicted octanol–water partition coefficient (Wildman–Crippen LogP) is 3.08. The van der Waals surface area contributed by atoms with E-state index in [0.717, 1.165) is 11.3 Å². The summed E-state index contributed by atoms with van der Waals surface area (Å²) < 4.78 is 0. The number of nitrogens with zero attached hydrogens (tertiary/aromatic N) is 2. The molecule has 1 aromatic heterocycles. The van der Waals surface area contributed by atoms with Crippen molar-refractivity contribution in [1.29, 1.82) is 0 Å². The number of para-hydroxylation sites is 1. The van der Waals surface area contributed by atoms with E-state index < -0.39 is 0 Å². The van der Waals surface area contributed by atoms with Gasteiger partial charge >= 0.3 is 0 Å². The third kappa shape index (κ3) is 2.88. The van der Waals surface area contributed by atoms with Crippen LogP contribution in [0.4, 0.5) is 5.69 Å². The molecule has 0 aliphatic heterocycles. The quantitative estimate of drug-likeness (QED) is 0.848. The zero-order valence-electron chi connectivity index (χ0n) is 9.47. The fourth-order valence-corrected chi connectivity index (χ4v) is 1.75. The Kier molecular flexibility index (Phi) is 3.49. The van der Waals surface area contributed by atoms with E-state index in [1.165, 1.54) is 0 Å². The lowest BCUT2D eigenvalue weighted by Gasteiger charge is -2.19. The average Bonchev–Trinajstić information content (AvgIpc) is 2.34. The predicted molar refractivity (Wildman–Crippen MR) is 69.5 cm³/mol. The fraction of sp³-hybridized carbons (Fsp3) is 0.154. The minimum Gasteiger partial charge on any atom is -0.493 e. The van der Waals surface area contributed by atoms with E-state index in [4.69, 9.17) is 11.6 Å². The van der Waals surface area contributed by atoms with Crippen LogP contribution in [0.5, 0.6) is 5.88 Å². The number of hydrogen-bond donors (Lipinski definition) is 1. The van der Waals surface area contributed by atoms with E-state index in [2.05, 4.69) is 4.98 Å². The smallest absolute Gasteiger partial charge is 0.217 e. The lowest BCUT2D eigenvalue weighted by molar-refractivity contribution is 0.446. The van der Waals surface area contributed by atoms with Crippen LogP contribution >= 0.6 is 11.6 Å². The molecule has 0 saturated heterocycles. The Labute approximate surface area is 105 Å². The maximum absolute atomic E-state index is 9.66. The topological polar surface area (TPSA) is 36.4 Å². The second-order valence-electron chi connectivity index (χ2n) is 3.81. The Morgan fingerprint density at radius 1 is 1.18 bits per heavy atom. The Bertz CT molecular complexity index is 502. The van der Waals surface area contributed by atoms with Gasteiger partial charge in [-0.3, -0.25) is 0 Å². The third-order valence-corrected chi connectivity index (χ3v) is 2.74. The molecule has 1 aromatic carbocycles. The highest BCUT2D eigenvalue weighted by Gasteiger charge is 2.07. The van der Waals surface area contributed by atoms with Gasteiger partial charge in [-0.25, -0.2) is 4.98 Å². The van der Waals surface area contributed by atoms with Gasteiger partial charge in [0.25, 0.3) is 0 Å². The van der Waals surface area contributed by atoms with E-state index in [9.17, 15) is 5.11 Å². The molecule has 0 atom stereocenters. The minimum atomic E-state index is -0.0136. The van der Waals surface area contributed by atoms with Gasteiger partial charge in [-0.2, -0.15) is 0 Å². The third-order valence-electron chi connectivity index (χ3n) is 2.53. The van der Waals surface area contributed by atoms with E-state index in [1.54, 1.807) is 12.1 Å². The monoisotopic (exact) mass is 248 g/mol. The van der Waals surface area contributed by atoms with Crippen molar-refractivity contribution in [2.45, 2.75) is 6.54 Å². The van der Waals surface area contributed by atoms with Crippen molar-refractivity contribution in [3.05, 3.63) is 53.2 Å². The summed E-state index contributed by atoms with van der Waals surface area (Å²) >= 11 is 5.69. The van der Waals surface area contributed by atoms with E-state index in [1.807, 2.05) is 42.3 Å². The molecule has 0 amide bonds. The van der Waals surface area contributed by atoms with Crippen LogP contribution in [0, 0.1) is 0 Å². The zero-order valence-corrected chi connectivity index (χ0v) is 10.2. The molecule has 1 N–H and O–H groups in total. The highest BCUT2D eigenvalue weighted by molar-refractivity contribution is 6.29.